The molecule has 1 aliphatic heterocycles. The van der Waals surface area contributed by atoms with Crippen LogP contribution in [-0.4, -0.2) is 36.5 Å². The van der Waals surface area contributed by atoms with E-state index in [9.17, 15) is 14.4 Å². The third kappa shape index (κ3) is 15.0. The number of nitrogens with one attached hydrogen (secondary N) is 2. The number of amides is 2. The summed E-state index contributed by atoms with van der Waals surface area (Å²) >= 11 is 0. The highest BCUT2D eigenvalue weighted by Crippen LogP contribution is 2.14. The zero-order valence-corrected chi connectivity index (χ0v) is 21.6. The van der Waals surface area contributed by atoms with E-state index >= 15 is 0 Å². The van der Waals surface area contributed by atoms with E-state index in [1.165, 1.54) is 77.0 Å². The van der Waals surface area contributed by atoms with Crippen LogP contribution in [0.2, 0.25) is 0 Å². The van der Waals surface area contributed by atoms with Gasteiger partial charge in [0.2, 0.25) is 11.8 Å². The van der Waals surface area contributed by atoms with Crippen molar-refractivity contribution in [2.45, 2.75) is 142 Å². The Bertz CT molecular complexity index is 550. The molecule has 0 spiro atoms. The predicted molar refractivity (Wildman–Crippen MR) is 134 cm³/mol. The Morgan fingerprint density at radius 1 is 0.879 bits per heavy atom. The molecule has 6 nitrogen and oxygen atoms in total. The fourth-order valence-electron chi connectivity index (χ4n) is 4.35. The van der Waals surface area contributed by atoms with Crippen molar-refractivity contribution in [3.8, 4) is 0 Å². The van der Waals surface area contributed by atoms with Crippen molar-refractivity contribution in [3.05, 3.63) is 0 Å². The zero-order valence-electron chi connectivity index (χ0n) is 21.6. The lowest BCUT2D eigenvalue weighted by Crippen LogP contribution is -2.51. The summed E-state index contributed by atoms with van der Waals surface area (Å²) in [7, 11) is 0. The Kier molecular flexibility index (Phi) is 16.8. The van der Waals surface area contributed by atoms with Crippen molar-refractivity contribution >= 4 is 17.8 Å². The van der Waals surface area contributed by atoms with Crippen LogP contribution in [0.15, 0.2) is 0 Å². The molecule has 0 radical (unpaired) electrons. The highest BCUT2D eigenvalue weighted by atomic mass is 16.5. The van der Waals surface area contributed by atoms with E-state index < -0.39 is 12.1 Å². The summed E-state index contributed by atoms with van der Waals surface area (Å²) in [6.45, 7) is 6.63. The molecule has 6 heteroatoms. The van der Waals surface area contributed by atoms with Crippen LogP contribution in [0.4, 0.5) is 0 Å². The van der Waals surface area contributed by atoms with Gasteiger partial charge in [0, 0.05) is 12.8 Å². The molecule has 1 fully saturated rings. The van der Waals surface area contributed by atoms with E-state index in [0.29, 0.717) is 25.9 Å². The Hall–Kier alpha value is -1.59. The number of hydrogen-bond donors (Lipinski definition) is 2. The molecule has 0 aromatic heterocycles. The van der Waals surface area contributed by atoms with Gasteiger partial charge in [0.05, 0.1) is 6.61 Å². The van der Waals surface area contributed by atoms with Crippen molar-refractivity contribution in [3.63, 3.8) is 0 Å². The maximum atomic E-state index is 12.6. The average molecular weight is 467 g/mol. The lowest BCUT2D eigenvalue weighted by molar-refractivity contribution is -0.141. The SMILES string of the molecule is CCCCCCCCCCCCCCCCC(=O)N[C@@H](CC(C)C)C(=O)N[C@H]1CCOC1=O. The van der Waals surface area contributed by atoms with Gasteiger partial charge >= 0.3 is 5.97 Å². The number of carbonyl (C=O) groups excluding carboxylic acids is 3. The first-order valence-corrected chi connectivity index (χ1v) is 13.7. The number of esters is 1. The first-order valence-electron chi connectivity index (χ1n) is 13.7. The quantitative estimate of drug-likeness (QED) is 0.175. The molecule has 2 N–H and O–H groups in total. The van der Waals surface area contributed by atoms with Gasteiger partial charge in [-0.25, -0.2) is 4.79 Å². The van der Waals surface area contributed by atoms with Gasteiger partial charge in [0.25, 0.3) is 0 Å². The second kappa shape index (κ2) is 18.8. The molecule has 0 saturated carbocycles. The summed E-state index contributed by atoms with van der Waals surface area (Å²) in [5, 5.41) is 5.61. The van der Waals surface area contributed by atoms with E-state index in [4.69, 9.17) is 4.74 Å². The average Bonchev–Trinajstić information content (AvgIpc) is 3.17. The highest BCUT2D eigenvalue weighted by molar-refractivity contribution is 5.91. The number of carbonyl (C=O) groups is 3. The fourth-order valence-corrected chi connectivity index (χ4v) is 4.35. The number of ether oxygens (including phenoxy) is 1. The monoisotopic (exact) mass is 466 g/mol. The summed E-state index contributed by atoms with van der Waals surface area (Å²) in [5.74, 6) is -0.497. The molecule has 0 aromatic rings. The number of rotatable bonds is 20. The van der Waals surface area contributed by atoms with E-state index in [0.717, 1.165) is 12.8 Å². The molecular weight excluding hydrogens is 416 g/mol. The van der Waals surface area contributed by atoms with Gasteiger partial charge in [-0.3, -0.25) is 9.59 Å². The van der Waals surface area contributed by atoms with E-state index in [1.807, 2.05) is 13.8 Å². The van der Waals surface area contributed by atoms with Gasteiger partial charge in [0.15, 0.2) is 0 Å². The minimum Gasteiger partial charge on any atom is -0.464 e. The van der Waals surface area contributed by atoms with E-state index in [1.54, 1.807) is 0 Å². The van der Waals surface area contributed by atoms with Crippen molar-refractivity contribution < 1.29 is 19.1 Å². The number of cyclic esters (lactones) is 1. The van der Waals surface area contributed by atoms with Crippen LogP contribution in [0.3, 0.4) is 0 Å². The van der Waals surface area contributed by atoms with Crippen LogP contribution < -0.4 is 10.6 Å². The van der Waals surface area contributed by atoms with E-state index in [-0.39, 0.29) is 23.7 Å². The molecule has 1 heterocycles. The van der Waals surface area contributed by atoms with Gasteiger partial charge in [-0.15, -0.1) is 0 Å². The van der Waals surface area contributed by atoms with Gasteiger partial charge in [-0.05, 0) is 18.8 Å². The lowest BCUT2D eigenvalue weighted by Gasteiger charge is -2.21. The normalized spacial score (nSPS) is 16.6. The molecule has 1 aliphatic rings. The maximum Gasteiger partial charge on any atom is 0.328 e. The topological polar surface area (TPSA) is 84.5 Å². The van der Waals surface area contributed by atoms with Gasteiger partial charge in [-0.1, -0.05) is 104 Å². The Labute approximate surface area is 202 Å². The molecule has 1 rings (SSSR count). The van der Waals surface area contributed by atoms with Crippen molar-refractivity contribution in [1.29, 1.82) is 0 Å². The van der Waals surface area contributed by atoms with Crippen molar-refractivity contribution in [2.75, 3.05) is 6.61 Å². The van der Waals surface area contributed by atoms with Crippen LogP contribution >= 0.6 is 0 Å². The standard InChI is InChI=1S/C27H50N2O4/c1-4-5-6-7-8-9-10-11-12-13-14-15-16-17-18-25(30)28-24(21-22(2)3)26(31)29-23-19-20-33-27(23)32/h22-24H,4-21H2,1-3H3,(H,28,30)(H,29,31)/t23-,24-/m0/s1. The summed E-state index contributed by atoms with van der Waals surface area (Å²) in [6, 6.07) is -1.19. The molecular formula is C27H50N2O4. The van der Waals surface area contributed by atoms with Crippen molar-refractivity contribution in [1.82, 2.24) is 10.6 Å². The third-order valence-electron chi connectivity index (χ3n) is 6.37. The Morgan fingerprint density at radius 2 is 1.39 bits per heavy atom. The van der Waals surface area contributed by atoms with Crippen LogP contribution in [0.5, 0.6) is 0 Å². The van der Waals surface area contributed by atoms with Crippen LogP contribution in [0.1, 0.15) is 130 Å². The largest absolute Gasteiger partial charge is 0.464 e. The van der Waals surface area contributed by atoms with Crippen molar-refractivity contribution in [2.24, 2.45) is 5.92 Å². The Morgan fingerprint density at radius 3 is 1.85 bits per heavy atom. The first kappa shape index (κ1) is 29.4. The minimum absolute atomic E-state index is 0.0799. The summed E-state index contributed by atoms with van der Waals surface area (Å²) in [4.78, 5) is 36.6. The summed E-state index contributed by atoms with van der Waals surface area (Å²) < 4.78 is 4.90. The zero-order chi connectivity index (χ0) is 24.3. The molecule has 192 valence electrons. The van der Waals surface area contributed by atoms with Crippen LogP contribution in [-0.2, 0) is 19.1 Å². The number of hydrogen-bond acceptors (Lipinski definition) is 4. The second-order valence-corrected chi connectivity index (χ2v) is 10.1. The second-order valence-electron chi connectivity index (χ2n) is 10.1. The Balaban J connectivity index is 2.07. The summed E-state index contributed by atoms with van der Waals surface area (Å²) in [6.07, 6.45) is 19.5. The molecule has 0 unspecified atom stereocenters. The molecule has 1 saturated heterocycles. The molecule has 0 bridgehead atoms. The van der Waals surface area contributed by atoms with Crippen LogP contribution in [0.25, 0.3) is 0 Å². The smallest absolute Gasteiger partial charge is 0.328 e. The molecule has 0 aromatic carbocycles. The molecule has 2 amide bonds. The van der Waals surface area contributed by atoms with Gasteiger partial charge in [-0.2, -0.15) is 0 Å². The lowest BCUT2D eigenvalue weighted by atomic mass is 10.0. The predicted octanol–water partition coefficient (Wildman–Crippen LogP) is 5.82. The molecule has 0 aliphatic carbocycles. The fraction of sp³-hybridized carbons (Fsp3) is 0.889. The van der Waals surface area contributed by atoms with E-state index in [2.05, 4.69) is 17.6 Å². The maximum absolute atomic E-state index is 12.6. The minimum atomic E-state index is -0.599. The molecule has 2 atom stereocenters. The highest BCUT2D eigenvalue weighted by Gasteiger charge is 2.31. The van der Waals surface area contributed by atoms with Crippen LogP contribution in [0, 0.1) is 5.92 Å². The van der Waals surface area contributed by atoms with Gasteiger partial charge < -0.3 is 15.4 Å². The number of unbranched alkanes of at least 4 members (excludes halogenated alkanes) is 13. The third-order valence-corrected chi connectivity index (χ3v) is 6.37. The summed E-state index contributed by atoms with van der Waals surface area (Å²) in [5.41, 5.74) is 0. The first-order chi connectivity index (χ1) is 15.9. The molecule has 33 heavy (non-hydrogen) atoms. The van der Waals surface area contributed by atoms with Gasteiger partial charge in [0.1, 0.15) is 12.1 Å².